The van der Waals surface area contributed by atoms with Crippen molar-refractivity contribution in [1.29, 1.82) is 0 Å². The van der Waals surface area contributed by atoms with Crippen LogP contribution in [0, 0.1) is 29.6 Å². The van der Waals surface area contributed by atoms with Crippen LogP contribution in [0.2, 0.25) is 0 Å². The molecule has 9 nitrogen and oxygen atoms in total. The van der Waals surface area contributed by atoms with Gasteiger partial charge in [0.1, 0.15) is 5.78 Å². The predicted molar refractivity (Wildman–Crippen MR) is 143 cm³/mol. The van der Waals surface area contributed by atoms with E-state index in [1.54, 1.807) is 13.8 Å². The first-order chi connectivity index (χ1) is 17.8. The van der Waals surface area contributed by atoms with Crippen LogP contribution in [0.5, 0.6) is 0 Å². The summed E-state index contributed by atoms with van der Waals surface area (Å²) in [5, 5.41) is 7.17. The first-order valence-electron chi connectivity index (χ1n) is 12.9. The highest BCUT2D eigenvalue weighted by molar-refractivity contribution is 7.98. The van der Waals surface area contributed by atoms with E-state index in [0.717, 1.165) is 42.1 Å². The zero-order valence-corrected chi connectivity index (χ0v) is 23.9. The average molecular weight is 555 g/mol. The van der Waals surface area contributed by atoms with Gasteiger partial charge < -0.3 is 14.2 Å². The van der Waals surface area contributed by atoms with Crippen LogP contribution in [0.1, 0.15) is 61.3 Å². The van der Waals surface area contributed by atoms with Crippen LogP contribution >= 0.6 is 23.5 Å². The molecule has 4 aliphatic rings. The molecule has 3 fully saturated rings. The molecule has 1 aromatic rings. The minimum Gasteiger partial charge on any atom is -0.461 e. The highest BCUT2D eigenvalue weighted by Crippen LogP contribution is 2.62. The predicted octanol–water partition coefficient (Wildman–Crippen LogP) is 3.52. The molecule has 0 saturated heterocycles. The van der Waals surface area contributed by atoms with Gasteiger partial charge in [-0.05, 0) is 81.3 Å². The molecular formula is C26H38N2O7S2. The Bertz CT molecular complexity index is 966. The number of Topliss-reactive ketones (excluding diaryl/α,β-unsaturated/α-hetero) is 1. The number of H-pyrrole nitrogens is 1. The quantitative estimate of drug-likeness (QED) is 0.290. The number of rotatable bonds is 8. The number of ketones is 1. The molecule has 1 N–H and O–H groups in total. The van der Waals surface area contributed by atoms with E-state index in [2.05, 4.69) is 32.2 Å². The summed E-state index contributed by atoms with van der Waals surface area (Å²) in [5.41, 5.74) is 2.81. The minimum atomic E-state index is -0.927. The van der Waals surface area contributed by atoms with Gasteiger partial charge in [0.25, 0.3) is 0 Å². The Hall–Kier alpha value is -2.01. The second-order valence-corrected chi connectivity index (χ2v) is 11.3. The van der Waals surface area contributed by atoms with Crippen molar-refractivity contribution in [2.75, 3.05) is 43.8 Å². The second kappa shape index (κ2) is 13.7. The summed E-state index contributed by atoms with van der Waals surface area (Å²) in [6.07, 6.45) is 7.33. The monoisotopic (exact) mass is 554 g/mol. The molecule has 0 aromatic carbocycles. The van der Waals surface area contributed by atoms with Crippen molar-refractivity contribution in [3.8, 4) is 0 Å². The van der Waals surface area contributed by atoms with Gasteiger partial charge in [0.2, 0.25) is 0 Å². The van der Waals surface area contributed by atoms with Crippen LogP contribution in [-0.2, 0) is 35.0 Å². The largest absolute Gasteiger partial charge is 0.461 e. The summed E-state index contributed by atoms with van der Waals surface area (Å²) in [7, 11) is 0. The maximum Gasteiger partial charge on any atom is 0.417 e. The Morgan fingerprint density at radius 3 is 1.95 bits per heavy atom. The van der Waals surface area contributed by atoms with E-state index in [9.17, 15) is 19.2 Å². The molecule has 0 amide bonds. The lowest BCUT2D eigenvalue weighted by molar-refractivity contribution is -0.167. The van der Waals surface area contributed by atoms with Crippen molar-refractivity contribution in [1.82, 2.24) is 10.2 Å². The summed E-state index contributed by atoms with van der Waals surface area (Å²) in [4.78, 5) is 43.6. The van der Waals surface area contributed by atoms with Crippen LogP contribution in [0.15, 0.2) is 0 Å². The fraction of sp³-hybridized carbons (Fsp3) is 0.731. The fourth-order valence-corrected chi connectivity index (χ4v) is 7.31. The van der Waals surface area contributed by atoms with E-state index in [4.69, 9.17) is 4.74 Å². The van der Waals surface area contributed by atoms with Crippen molar-refractivity contribution in [2.45, 2.75) is 46.0 Å². The fourth-order valence-electron chi connectivity index (χ4n) is 5.63. The number of fused-ring (bicyclic) bond motifs is 4. The summed E-state index contributed by atoms with van der Waals surface area (Å²) >= 11 is 3.78. The normalized spacial score (nSPS) is 27.3. The third-order valence-corrected chi connectivity index (χ3v) is 8.77. The molecule has 0 unspecified atom stereocenters. The zero-order valence-electron chi connectivity index (χ0n) is 22.2. The van der Waals surface area contributed by atoms with E-state index in [1.807, 2.05) is 30.4 Å². The van der Waals surface area contributed by atoms with Gasteiger partial charge in [-0.2, -0.15) is 28.6 Å². The van der Waals surface area contributed by atoms with Gasteiger partial charge >= 0.3 is 17.9 Å². The van der Waals surface area contributed by atoms with E-state index < -0.39 is 11.9 Å². The van der Waals surface area contributed by atoms with Crippen molar-refractivity contribution in [2.24, 2.45) is 29.6 Å². The van der Waals surface area contributed by atoms with Crippen LogP contribution in [-0.4, -0.2) is 77.7 Å². The van der Waals surface area contributed by atoms with E-state index in [-0.39, 0.29) is 19.2 Å². The SMILES string of the molecule is CCOC(=O)C(=O)OCC.CCOC(=O)c1n[nH]c2c1C[C@H]1[C@H](CSC)[C@@H]21.CSC[C@H]1[C@@H]2CCC(=O)[C@@H]21. The molecule has 37 heavy (non-hydrogen) atoms. The zero-order chi connectivity index (χ0) is 27.1. The molecule has 3 saturated carbocycles. The lowest BCUT2D eigenvalue weighted by Crippen LogP contribution is -2.19. The van der Waals surface area contributed by atoms with Gasteiger partial charge in [0.05, 0.1) is 19.8 Å². The van der Waals surface area contributed by atoms with Gasteiger partial charge in [-0.1, -0.05) is 0 Å². The highest BCUT2D eigenvalue weighted by atomic mass is 32.2. The number of esters is 3. The number of carbonyl (C=O) groups excluding carboxylic acids is 4. The third-order valence-electron chi connectivity index (χ3n) is 7.34. The molecule has 0 bridgehead atoms. The number of nitrogens with one attached hydrogen (secondary N) is 1. The van der Waals surface area contributed by atoms with Crippen molar-refractivity contribution < 1.29 is 33.4 Å². The van der Waals surface area contributed by atoms with Crippen molar-refractivity contribution >= 4 is 47.2 Å². The first kappa shape index (κ1) is 29.5. The third kappa shape index (κ3) is 6.90. The topological polar surface area (TPSA) is 125 Å². The number of aromatic amines is 1. The highest BCUT2D eigenvalue weighted by Gasteiger charge is 2.58. The number of aromatic nitrogens is 2. The Kier molecular flexibility index (Phi) is 10.9. The van der Waals surface area contributed by atoms with E-state index in [1.165, 1.54) is 23.6 Å². The number of carbonyl (C=O) groups is 4. The van der Waals surface area contributed by atoms with E-state index >= 15 is 0 Å². The van der Waals surface area contributed by atoms with Gasteiger partial charge in [-0.25, -0.2) is 14.4 Å². The number of thioether (sulfide) groups is 2. The summed E-state index contributed by atoms with van der Waals surface area (Å²) in [6.45, 7) is 5.85. The molecule has 11 heteroatoms. The second-order valence-electron chi connectivity index (χ2n) is 9.45. The number of ether oxygens (including phenoxy) is 3. The minimum absolute atomic E-state index is 0.192. The van der Waals surface area contributed by atoms with Gasteiger partial charge in [-0.15, -0.1) is 0 Å². The smallest absolute Gasteiger partial charge is 0.417 e. The molecule has 5 rings (SSSR count). The van der Waals surface area contributed by atoms with Crippen molar-refractivity contribution in [3.63, 3.8) is 0 Å². The molecule has 0 aliphatic heterocycles. The Morgan fingerprint density at radius 2 is 1.46 bits per heavy atom. The Labute approximate surface area is 226 Å². The lowest BCUT2D eigenvalue weighted by Gasteiger charge is -2.03. The number of hydrogen-bond donors (Lipinski definition) is 1. The molecular weight excluding hydrogens is 516 g/mol. The molecule has 0 spiro atoms. The van der Waals surface area contributed by atoms with Gasteiger partial charge in [0, 0.05) is 29.5 Å². The Morgan fingerprint density at radius 1 is 0.892 bits per heavy atom. The molecule has 1 aromatic heterocycles. The maximum atomic E-state index is 11.7. The van der Waals surface area contributed by atoms with Crippen LogP contribution < -0.4 is 0 Å². The lowest BCUT2D eigenvalue weighted by atomic mass is 10.1. The van der Waals surface area contributed by atoms with Crippen LogP contribution in [0.25, 0.3) is 0 Å². The van der Waals surface area contributed by atoms with Gasteiger partial charge in [0.15, 0.2) is 5.69 Å². The van der Waals surface area contributed by atoms with E-state index in [0.29, 0.717) is 29.9 Å². The molecule has 206 valence electrons. The summed E-state index contributed by atoms with van der Waals surface area (Å²) in [6, 6.07) is 0. The van der Waals surface area contributed by atoms with Gasteiger partial charge in [-0.3, -0.25) is 9.89 Å². The first-order valence-corrected chi connectivity index (χ1v) is 15.7. The molecule has 4 aliphatic carbocycles. The molecule has 1 heterocycles. The van der Waals surface area contributed by atoms with Crippen LogP contribution in [0.4, 0.5) is 0 Å². The standard InChI is InChI=1S/C12H16N2O2S.C8H12OS.C6H10O4/c1-3-16-12(15)11-7-4-6-8(5-17-2)9(6)10(7)13-14-11;1-10-4-6-5-2-3-7(9)8(5)6;1-3-9-5(7)6(8)10-4-2/h6,8-9H,3-5H2,1-2H3,(H,13,14);5-6,8H,2-4H2,1H3;3-4H2,1-2H3/t6-,8-,9-;5-,6-,8-;/m00./s1. The molecule has 6 atom stereocenters. The Balaban J connectivity index is 0.000000165. The summed E-state index contributed by atoms with van der Waals surface area (Å²) in [5.74, 6) is 5.05. The van der Waals surface area contributed by atoms with Crippen LogP contribution in [0.3, 0.4) is 0 Å². The summed E-state index contributed by atoms with van der Waals surface area (Å²) < 4.78 is 13.7. The average Bonchev–Trinajstić information content (AvgIpc) is 3.48. The number of nitrogens with zero attached hydrogens (tertiary/aromatic N) is 1. The maximum absolute atomic E-state index is 11.7. The molecule has 0 radical (unpaired) electrons. The number of hydrogen-bond acceptors (Lipinski definition) is 10. The van der Waals surface area contributed by atoms with Crippen molar-refractivity contribution in [3.05, 3.63) is 17.0 Å².